The highest BCUT2D eigenvalue weighted by atomic mass is 33.1. The van der Waals surface area contributed by atoms with Gasteiger partial charge in [0.15, 0.2) is 0 Å². The third-order valence-electron chi connectivity index (χ3n) is 3.44. The number of carboxylic acid groups (broad SMARTS) is 2. The molecule has 126 valence electrons. The van der Waals surface area contributed by atoms with Crippen LogP contribution in [0.5, 0.6) is 0 Å². The van der Waals surface area contributed by atoms with E-state index in [9.17, 15) is 9.59 Å². The van der Waals surface area contributed by atoms with Crippen LogP contribution in [0.4, 0.5) is 0 Å². The molecule has 0 aliphatic heterocycles. The number of aryl methyl sites for hydroxylation is 1. The van der Waals surface area contributed by atoms with Crippen molar-refractivity contribution in [3.8, 4) is 0 Å². The van der Waals surface area contributed by atoms with Gasteiger partial charge in [-0.25, -0.2) is 9.59 Å². The summed E-state index contributed by atoms with van der Waals surface area (Å²) in [5.74, 6) is -0.918. The first-order valence-corrected chi connectivity index (χ1v) is 9.84. The van der Waals surface area contributed by atoms with Gasteiger partial charge in [0.1, 0.15) is 0 Å². The van der Waals surface area contributed by atoms with Crippen LogP contribution in [-0.4, -0.2) is 27.9 Å². The lowest BCUT2D eigenvalue weighted by Crippen LogP contribution is -2.02. The molecule has 0 radical (unpaired) electrons. The maximum Gasteiger partial charge on any atom is 0.336 e. The lowest BCUT2D eigenvalue weighted by atomic mass is 10.0. The smallest absolute Gasteiger partial charge is 0.336 e. The average Bonchev–Trinajstić information content (AvgIpc) is 2.58. The lowest BCUT2D eigenvalue weighted by Gasteiger charge is -2.06. The van der Waals surface area contributed by atoms with E-state index in [1.165, 1.54) is 10.8 Å². The summed E-state index contributed by atoms with van der Waals surface area (Å²) in [6, 6.07) is 14.0. The number of carboxylic acids is 2. The molecular weight excluding hydrogens is 344 g/mol. The summed E-state index contributed by atoms with van der Waals surface area (Å²) in [6.45, 7) is 0. The zero-order chi connectivity index (χ0) is 17.4. The zero-order valence-corrected chi connectivity index (χ0v) is 14.6. The van der Waals surface area contributed by atoms with E-state index in [0.717, 1.165) is 35.5 Å². The highest BCUT2D eigenvalue weighted by Crippen LogP contribution is 2.34. The second-order valence-corrected chi connectivity index (χ2v) is 7.58. The second kappa shape index (κ2) is 9.39. The standard InChI is InChI=1S/C18H18O4S2/c19-17(20)14-9-2-1-7-13(14)8-5-6-12-23-24-16-11-4-3-10-15(16)18(21)22/h1-4,7,9-11H,5-6,8,12H2,(H,19,20)(H,21,22). The van der Waals surface area contributed by atoms with Crippen molar-refractivity contribution in [1.29, 1.82) is 0 Å². The molecule has 2 aromatic carbocycles. The number of hydrogen-bond donors (Lipinski definition) is 2. The molecule has 0 bridgehead atoms. The van der Waals surface area contributed by atoms with Crippen LogP contribution in [0, 0.1) is 0 Å². The Bertz CT molecular complexity index is 654. The van der Waals surface area contributed by atoms with Crippen LogP contribution in [-0.2, 0) is 6.42 Å². The molecule has 0 aromatic heterocycles. The number of benzene rings is 2. The van der Waals surface area contributed by atoms with Gasteiger partial charge < -0.3 is 10.2 Å². The highest BCUT2D eigenvalue weighted by molar-refractivity contribution is 8.76. The Labute approximate surface area is 148 Å². The zero-order valence-electron chi connectivity index (χ0n) is 13.0. The summed E-state index contributed by atoms with van der Waals surface area (Å²) in [5, 5.41) is 18.3. The van der Waals surface area contributed by atoms with Gasteiger partial charge in [0, 0.05) is 10.6 Å². The van der Waals surface area contributed by atoms with Gasteiger partial charge in [0.05, 0.1) is 11.1 Å². The molecule has 2 aromatic rings. The lowest BCUT2D eigenvalue weighted by molar-refractivity contribution is 0.0683. The fourth-order valence-electron chi connectivity index (χ4n) is 2.24. The second-order valence-electron chi connectivity index (χ2n) is 5.13. The minimum absolute atomic E-state index is 0.324. The quantitative estimate of drug-likeness (QED) is 0.491. The molecule has 0 spiro atoms. The first-order chi connectivity index (χ1) is 11.6. The molecule has 0 saturated heterocycles. The highest BCUT2D eigenvalue weighted by Gasteiger charge is 2.10. The van der Waals surface area contributed by atoms with Crippen LogP contribution < -0.4 is 0 Å². The van der Waals surface area contributed by atoms with Gasteiger partial charge in [-0.3, -0.25) is 0 Å². The van der Waals surface area contributed by atoms with Crippen molar-refractivity contribution >= 4 is 33.5 Å². The van der Waals surface area contributed by atoms with Crippen molar-refractivity contribution in [3.05, 3.63) is 65.2 Å². The van der Waals surface area contributed by atoms with E-state index in [-0.39, 0.29) is 0 Å². The molecule has 0 heterocycles. The third-order valence-corrected chi connectivity index (χ3v) is 5.94. The van der Waals surface area contributed by atoms with Crippen LogP contribution in [0.25, 0.3) is 0 Å². The summed E-state index contributed by atoms with van der Waals surface area (Å²) in [4.78, 5) is 23.0. The van der Waals surface area contributed by atoms with Gasteiger partial charge in [-0.15, -0.1) is 0 Å². The molecule has 0 unspecified atom stereocenters. The first-order valence-electron chi connectivity index (χ1n) is 7.52. The largest absolute Gasteiger partial charge is 0.478 e. The Kier molecular flexibility index (Phi) is 7.21. The molecule has 0 aliphatic carbocycles. The maximum absolute atomic E-state index is 11.1. The molecule has 2 rings (SSSR count). The summed E-state index contributed by atoms with van der Waals surface area (Å²) in [7, 11) is 3.09. The van der Waals surface area contributed by atoms with Crippen LogP contribution >= 0.6 is 21.6 Å². The van der Waals surface area contributed by atoms with Gasteiger partial charge in [-0.1, -0.05) is 51.9 Å². The summed E-state index contributed by atoms with van der Waals surface area (Å²) < 4.78 is 0. The molecule has 2 N–H and O–H groups in total. The van der Waals surface area contributed by atoms with Gasteiger partial charge >= 0.3 is 11.9 Å². The van der Waals surface area contributed by atoms with Crippen LogP contribution in [0.15, 0.2) is 53.4 Å². The number of aromatic carboxylic acids is 2. The fraction of sp³-hybridized carbons (Fsp3) is 0.222. The monoisotopic (exact) mass is 362 g/mol. The Morgan fingerprint density at radius 2 is 1.46 bits per heavy atom. The van der Waals surface area contributed by atoms with E-state index in [2.05, 4.69) is 0 Å². The van der Waals surface area contributed by atoms with Crippen molar-refractivity contribution < 1.29 is 19.8 Å². The first kappa shape index (κ1) is 18.4. The fourth-order valence-corrected chi connectivity index (χ4v) is 4.58. The molecule has 6 heteroatoms. The summed E-state index contributed by atoms with van der Waals surface area (Å²) in [6.07, 6.45) is 2.58. The molecule has 0 amide bonds. The average molecular weight is 362 g/mol. The molecule has 0 aliphatic rings. The molecule has 0 fully saturated rings. The number of unbranched alkanes of at least 4 members (excludes halogenated alkanes) is 1. The maximum atomic E-state index is 11.1. The molecule has 4 nitrogen and oxygen atoms in total. The third kappa shape index (κ3) is 5.32. The van der Waals surface area contributed by atoms with Gasteiger partial charge in [0.25, 0.3) is 0 Å². The summed E-state index contributed by atoms with van der Waals surface area (Å²) >= 11 is 0. The van der Waals surface area contributed by atoms with Gasteiger partial charge in [-0.05, 0) is 43.0 Å². The topological polar surface area (TPSA) is 74.6 Å². The number of rotatable bonds is 9. The van der Waals surface area contributed by atoms with Crippen LogP contribution in [0.1, 0.15) is 39.1 Å². The van der Waals surface area contributed by atoms with Crippen molar-refractivity contribution in [1.82, 2.24) is 0 Å². The van der Waals surface area contributed by atoms with E-state index >= 15 is 0 Å². The number of carbonyl (C=O) groups is 2. The minimum atomic E-state index is -0.913. The van der Waals surface area contributed by atoms with E-state index in [1.807, 2.05) is 24.3 Å². The van der Waals surface area contributed by atoms with Crippen LogP contribution in [0.2, 0.25) is 0 Å². The van der Waals surface area contributed by atoms with E-state index in [0.29, 0.717) is 11.1 Å². The normalized spacial score (nSPS) is 10.5. The predicted octanol–water partition coefficient (Wildman–Crippen LogP) is 4.85. The molecule has 0 saturated carbocycles. The Morgan fingerprint density at radius 1 is 0.833 bits per heavy atom. The summed E-state index contributed by atoms with van der Waals surface area (Å²) in [5.41, 5.74) is 1.55. The van der Waals surface area contributed by atoms with Gasteiger partial charge in [-0.2, -0.15) is 0 Å². The Morgan fingerprint density at radius 3 is 2.17 bits per heavy atom. The van der Waals surface area contributed by atoms with Crippen molar-refractivity contribution in [2.45, 2.75) is 24.2 Å². The van der Waals surface area contributed by atoms with E-state index in [4.69, 9.17) is 10.2 Å². The van der Waals surface area contributed by atoms with Crippen molar-refractivity contribution in [2.24, 2.45) is 0 Å². The van der Waals surface area contributed by atoms with Crippen molar-refractivity contribution in [3.63, 3.8) is 0 Å². The number of hydrogen-bond acceptors (Lipinski definition) is 4. The van der Waals surface area contributed by atoms with Gasteiger partial charge in [0.2, 0.25) is 0 Å². The molecular formula is C18H18O4S2. The molecule has 24 heavy (non-hydrogen) atoms. The van der Waals surface area contributed by atoms with E-state index in [1.54, 1.807) is 35.1 Å². The predicted molar refractivity (Wildman–Crippen MR) is 98.1 cm³/mol. The molecule has 0 atom stereocenters. The Hall–Kier alpha value is -1.92. The van der Waals surface area contributed by atoms with Crippen molar-refractivity contribution in [2.75, 3.05) is 5.75 Å². The minimum Gasteiger partial charge on any atom is -0.478 e. The Balaban J connectivity index is 1.75. The van der Waals surface area contributed by atoms with E-state index < -0.39 is 11.9 Å². The van der Waals surface area contributed by atoms with Crippen LogP contribution in [0.3, 0.4) is 0 Å². The SMILES string of the molecule is O=C(O)c1ccccc1CCCCSSc1ccccc1C(=O)O.